The third-order valence-electron chi connectivity index (χ3n) is 4.85. The molecule has 0 spiro atoms. The smallest absolute Gasteiger partial charge is 0.243 e. The van der Waals surface area contributed by atoms with Crippen molar-refractivity contribution in [2.75, 3.05) is 20.7 Å². The Labute approximate surface area is 171 Å². The molecule has 1 aliphatic heterocycles. The molecular formula is C21H26N2O5S. The fourth-order valence-electron chi connectivity index (χ4n) is 3.39. The summed E-state index contributed by atoms with van der Waals surface area (Å²) in [5.41, 5.74) is 0.453. The van der Waals surface area contributed by atoms with E-state index in [0.29, 0.717) is 12.2 Å². The Morgan fingerprint density at radius 1 is 1.21 bits per heavy atom. The summed E-state index contributed by atoms with van der Waals surface area (Å²) < 4.78 is 37.6. The number of amides is 1. The third-order valence-corrected chi connectivity index (χ3v) is 6.66. The predicted molar refractivity (Wildman–Crippen MR) is 109 cm³/mol. The summed E-state index contributed by atoms with van der Waals surface area (Å²) in [6.45, 7) is 3.64. The van der Waals surface area contributed by atoms with Crippen LogP contribution in [0.3, 0.4) is 0 Å². The minimum atomic E-state index is -3.79. The van der Waals surface area contributed by atoms with E-state index in [1.165, 1.54) is 26.3 Å². The summed E-state index contributed by atoms with van der Waals surface area (Å²) in [6, 6.07) is 13.4. The van der Waals surface area contributed by atoms with E-state index in [0.717, 1.165) is 15.6 Å². The molecule has 29 heavy (non-hydrogen) atoms. The number of methoxy groups -OCH3 is 1. The molecule has 0 bridgehead atoms. The number of nitrogens with one attached hydrogen (secondary N) is 1. The Morgan fingerprint density at radius 2 is 1.86 bits per heavy atom. The topological polar surface area (TPSA) is 84.9 Å². The standard InChI is InChI=1S/C21H26N2O5S/c1-21(2)13-18(17-7-5-6-8-19(17)28-21)22-20(24)14-23(3)29(25,26)16-11-9-15(27-4)10-12-16/h5-12,18H,13-14H2,1-4H3,(H,22,24)/t18-/m0/s1. The number of hydrogen-bond acceptors (Lipinski definition) is 5. The van der Waals surface area contributed by atoms with Gasteiger partial charge in [0.25, 0.3) is 0 Å². The molecule has 156 valence electrons. The molecule has 0 saturated carbocycles. The zero-order chi connectivity index (χ0) is 21.2. The summed E-state index contributed by atoms with van der Waals surface area (Å²) in [5, 5.41) is 2.96. The maximum Gasteiger partial charge on any atom is 0.243 e. The molecule has 7 nitrogen and oxygen atoms in total. The Morgan fingerprint density at radius 3 is 2.52 bits per heavy atom. The van der Waals surface area contributed by atoms with Gasteiger partial charge in [0.05, 0.1) is 24.6 Å². The van der Waals surface area contributed by atoms with Crippen LogP contribution in [0.15, 0.2) is 53.4 Å². The van der Waals surface area contributed by atoms with Gasteiger partial charge in [-0.3, -0.25) is 4.79 Å². The first-order valence-corrected chi connectivity index (χ1v) is 10.7. The van der Waals surface area contributed by atoms with Gasteiger partial charge in [-0.15, -0.1) is 0 Å². The monoisotopic (exact) mass is 418 g/mol. The number of hydrogen-bond donors (Lipinski definition) is 1. The number of ether oxygens (including phenoxy) is 2. The second-order valence-electron chi connectivity index (χ2n) is 7.66. The normalized spacial score (nSPS) is 17.9. The summed E-state index contributed by atoms with van der Waals surface area (Å²) in [6.07, 6.45) is 0.588. The van der Waals surface area contributed by atoms with Crippen LogP contribution >= 0.6 is 0 Å². The van der Waals surface area contributed by atoms with E-state index in [2.05, 4.69) is 5.32 Å². The SMILES string of the molecule is COc1ccc(S(=O)(=O)N(C)CC(=O)N[C@H]2CC(C)(C)Oc3ccccc32)cc1. The fourth-order valence-corrected chi connectivity index (χ4v) is 4.51. The third kappa shape index (κ3) is 4.71. The van der Waals surface area contributed by atoms with E-state index in [4.69, 9.17) is 9.47 Å². The van der Waals surface area contributed by atoms with Crippen LogP contribution < -0.4 is 14.8 Å². The number of carbonyl (C=O) groups excluding carboxylic acids is 1. The van der Waals surface area contributed by atoms with E-state index in [1.807, 2.05) is 38.1 Å². The number of para-hydroxylation sites is 1. The maximum absolute atomic E-state index is 12.7. The van der Waals surface area contributed by atoms with Gasteiger partial charge in [0.1, 0.15) is 17.1 Å². The van der Waals surface area contributed by atoms with Crippen LogP contribution in [0.1, 0.15) is 31.9 Å². The van der Waals surface area contributed by atoms with E-state index in [-0.39, 0.29) is 23.4 Å². The number of rotatable bonds is 6. The molecule has 1 aliphatic rings. The van der Waals surface area contributed by atoms with Crippen molar-refractivity contribution < 1.29 is 22.7 Å². The predicted octanol–water partition coefficient (Wildman–Crippen LogP) is 2.73. The van der Waals surface area contributed by atoms with Gasteiger partial charge in [-0.1, -0.05) is 18.2 Å². The van der Waals surface area contributed by atoms with Crippen molar-refractivity contribution >= 4 is 15.9 Å². The van der Waals surface area contributed by atoms with Gasteiger partial charge in [-0.25, -0.2) is 8.42 Å². The zero-order valence-electron chi connectivity index (χ0n) is 17.0. The molecule has 2 aromatic rings. The minimum absolute atomic E-state index is 0.103. The lowest BCUT2D eigenvalue weighted by molar-refractivity contribution is -0.122. The van der Waals surface area contributed by atoms with Crippen LogP contribution in [0.2, 0.25) is 0 Å². The molecular weight excluding hydrogens is 392 g/mol. The Hall–Kier alpha value is -2.58. The van der Waals surface area contributed by atoms with E-state index in [1.54, 1.807) is 12.1 Å². The number of benzene rings is 2. The van der Waals surface area contributed by atoms with E-state index < -0.39 is 15.6 Å². The number of fused-ring (bicyclic) bond motifs is 1. The highest BCUT2D eigenvalue weighted by Gasteiger charge is 2.34. The summed E-state index contributed by atoms with van der Waals surface area (Å²) >= 11 is 0. The highest BCUT2D eigenvalue weighted by atomic mass is 32.2. The number of sulfonamides is 1. The molecule has 1 N–H and O–H groups in total. The van der Waals surface area contributed by atoms with Crippen molar-refractivity contribution in [2.24, 2.45) is 0 Å². The van der Waals surface area contributed by atoms with E-state index >= 15 is 0 Å². The molecule has 0 radical (unpaired) electrons. The molecule has 0 aliphatic carbocycles. The molecule has 0 aromatic heterocycles. The molecule has 3 rings (SSSR count). The number of carbonyl (C=O) groups is 1. The highest BCUT2D eigenvalue weighted by molar-refractivity contribution is 7.89. The van der Waals surface area contributed by atoms with Crippen molar-refractivity contribution in [3.8, 4) is 11.5 Å². The van der Waals surface area contributed by atoms with Crippen LogP contribution in [-0.4, -0.2) is 44.9 Å². The molecule has 1 amide bonds. The molecule has 2 aromatic carbocycles. The van der Waals surface area contributed by atoms with Crippen molar-refractivity contribution in [3.05, 3.63) is 54.1 Å². The van der Waals surface area contributed by atoms with Crippen LogP contribution in [0.4, 0.5) is 0 Å². The lowest BCUT2D eigenvalue weighted by Crippen LogP contribution is -2.44. The maximum atomic E-state index is 12.7. The molecule has 0 saturated heterocycles. The molecule has 0 unspecified atom stereocenters. The van der Waals surface area contributed by atoms with Gasteiger partial charge in [0, 0.05) is 19.0 Å². The van der Waals surface area contributed by atoms with Crippen LogP contribution in [0.25, 0.3) is 0 Å². The summed E-state index contributed by atoms with van der Waals surface area (Å²) in [7, 11) is -0.891. The van der Waals surface area contributed by atoms with Gasteiger partial charge in [0.2, 0.25) is 15.9 Å². The van der Waals surface area contributed by atoms with E-state index in [9.17, 15) is 13.2 Å². The highest BCUT2D eigenvalue weighted by Crippen LogP contribution is 2.39. The van der Waals surface area contributed by atoms with Crippen molar-refractivity contribution in [2.45, 2.75) is 36.8 Å². The first-order valence-electron chi connectivity index (χ1n) is 9.30. The second kappa shape index (κ2) is 8.04. The molecule has 1 atom stereocenters. The lowest BCUT2D eigenvalue weighted by Gasteiger charge is -2.38. The zero-order valence-corrected chi connectivity index (χ0v) is 17.8. The van der Waals surface area contributed by atoms with Gasteiger partial charge in [-0.2, -0.15) is 4.31 Å². The molecule has 8 heteroatoms. The summed E-state index contributed by atoms with van der Waals surface area (Å²) in [4.78, 5) is 12.7. The Kier molecular flexibility index (Phi) is 5.86. The number of nitrogens with zero attached hydrogens (tertiary/aromatic N) is 1. The quantitative estimate of drug-likeness (QED) is 0.780. The van der Waals surface area contributed by atoms with Gasteiger partial charge in [-0.05, 0) is 44.2 Å². The van der Waals surface area contributed by atoms with Crippen molar-refractivity contribution in [3.63, 3.8) is 0 Å². The second-order valence-corrected chi connectivity index (χ2v) is 9.71. The Balaban J connectivity index is 1.71. The van der Waals surface area contributed by atoms with Gasteiger partial charge < -0.3 is 14.8 Å². The Bertz CT molecular complexity index is 986. The number of likely N-dealkylation sites (N-methyl/N-ethyl adjacent to an activating group) is 1. The average Bonchev–Trinajstić information content (AvgIpc) is 2.67. The van der Waals surface area contributed by atoms with Crippen LogP contribution in [-0.2, 0) is 14.8 Å². The minimum Gasteiger partial charge on any atom is -0.497 e. The first kappa shape index (κ1) is 21.1. The molecule has 1 heterocycles. The summed E-state index contributed by atoms with van der Waals surface area (Å²) in [5.74, 6) is 0.917. The largest absolute Gasteiger partial charge is 0.497 e. The van der Waals surface area contributed by atoms with Crippen LogP contribution in [0, 0.1) is 0 Å². The molecule has 0 fully saturated rings. The average molecular weight is 419 g/mol. The first-order chi connectivity index (χ1) is 13.6. The lowest BCUT2D eigenvalue weighted by atomic mass is 9.89. The fraction of sp³-hybridized carbons (Fsp3) is 0.381. The van der Waals surface area contributed by atoms with Crippen molar-refractivity contribution in [1.82, 2.24) is 9.62 Å². The van der Waals surface area contributed by atoms with Crippen LogP contribution in [0.5, 0.6) is 11.5 Å². The van der Waals surface area contributed by atoms with Gasteiger partial charge >= 0.3 is 0 Å². The van der Waals surface area contributed by atoms with Gasteiger partial charge in [0.15, 0.2) is 0 Å². The van der Waals surface area contributed by atoms with Crippen molar-refractivity contribution in [1.29, 1.82) is 0 Å².